The summed E-state index contributed by atoms with van der Waals surface area (Å²) in [6.45, 7) is 15.3. The molecule has 1 aliphatic rings. The molecule has 0 aromatic heterocycles. The summed E-state index contributed by atoms with van der Waals surface area (Å²) in [5.74, 6) is 0.252. The lowest BCUT2D eigenvalue weighted by Crippen LogP contribution is -2.45. The Labute approximate surface area is 199 Å². The van der Waals surface area contributed by atoms with Gasteiger partial charge in [0.25, 0.3) is 0 Å². The van der Waals surface area contributed by atoms with Crippen LogP contribution in [-0.2, 0) is 14.3 Å². The summed E-state index contributed by atoms with van der Waals surface area (Å²) in [5.41, 5.74) is 4.62. The predicted octanol–water partition coefficient (Wildman–Crippen LogP) is 5.37. The zero-order valence-electron chi connectivity index (χ0n) is 20.9. The fraction of sp³-hybridized carbons (Fsp3) is 0.536. The number of allylic oxidation sites excluding steroid dienone is 3. The molecule has 0 amide bonds. The van der Waals surface area contributed by atoms with Gasteiger partial charge in [-0.05, 0) is 82.6 Å². The van der Waals surface area contributed by atoms with E-state index < -0.39 is 6.10 Å². The average Bonchev–Trinajstić information content (AvgIpc) is 3.13. The number of hydrogen-bond donors (Lipinski definition) is 2. The Morgan fingerprint density at radius 1 is 1.33 bits per heavy atom. The van der Waals surface area contributed by atoms with E-state index in [2.05, 4.69) is 32.7 Å². The SMILES string of the molecule is C=CC1=C(C)CC(CC(C)(C)NC[C@@H](O)CO[C@H](C)c2ccccc2C=CC(=O)OCC)C1. The average molecular weight is 456 g/mol. The molecule has 5 nitrogen and oxygen atoms in total. The van der Waals surface area contributed by atoms with Crippen molar-refractivity contribution in [1.29, 1.82) is 0 Å². The molecule has 33 heavy (non-hydrogen) atoms. The van der Waals surface area contributed by atoms with E-state index in [1.165, 1.54) is 17.2 Å². The normalized spacial score (nSPS) is 18.5. The molecule has 2 N–H and O–H groups in total. The van der Waals surface area contributed by atoms with Gasteiger partial charge in [0.2, 0.25) is 0 Å². The highest BCUT2D eigenvalue weighted by molar-refractivity contribution is 5.87. The Balaban J connectivity index is 1.82. The van der Waals surface area contributed by atoms with E-state index >= 15 is 0 Å². The molecule has 182 valence electrons. The monoisotopic (exact) mass is 455 g/mol. The number of hydrogen-bond acceptors (Lipinski definition) is 5. The van der Waals surface area contributed by atoms with Crippen LogP contribution in [0.4, 0.5) is 0 Å². The summed E-state index contributed by atoms with van der Waals surface area (Å²) >= 11 is 0. The van der Waals surface area contributed by atoms with Crippen LogP contribution < -0.4 is 5.32 Å². The van der Waals surface area contributed by atoms with E-state index in [4.69, 9.17) is 9.47 Å². The molecule has 0 heterocycles. The molecular formula is C28H41NO4. The maximum atomic E-state index is 11.6. The lowest BCUT2D eigenvalue weighted by atomic mass is 9.88. The summed E-state index contributed by atoms with van der Waals surface area (Å²) in [6.07, 6.45) is 7.59. The molecule has 0 saturated carbocycles. The van der Waals surface area contributed by atoms with E-state index in [9.17, 15) is 9.90 Å². The van der Waals surface area contributed by atoms with Gasteiger partial charge in [-0.3, -0.25) is 0 Å². The van der Waals surface area contributed by atoms with Crippen LogP contribution in [0.3, 0.4) is 0 Å². The van der Waals surface area contributed by atoms with Gasteiger partial charge in [-0.2, -0.15) is 0 Å². The standard InChI is InChI=1S/C28H41NO4/c1-7-23-16-22(15-20(23)3)17-28(5,6)29-18-25(30)19-33-21(4)26-12-10-9-11-24(26)13-14-27(31)32-8-2/h7,9-14,21-22,25,29-30H,1,8,15-19H2,2-6H3/t21-,22?,25-/m1/s1. The van der Waals surface area contributed by atoms with Gasteiger partial charge in [-0.1, -0.05) is 42.5 Å². The Hall–Kier alpha value is -2.21. The molecule has 0 bridgehead atoms. The summed E-state index contributed by atoms with van der Waals surface area (Å²) in [5, 5.41) is 14.0. The van der Waals surface area contributed by atoms with Gasteiger partial charge in [-0.15, -0.1) is 0 Å². The zero-order valence-corrected chi connectivity index (χ0v) is 20.9. The van der Waals surface area contributed by atoms with E-state index in [1.54, 1.807) is 13.0 Å². The second-order valence-corrected chi connectivity index (χ2v) is 9.60. The number of esters is 1. The van der Waals surface area contributed by atoms with Crippen LogP contribution >= 0.6 is 0 Å². The van der Waals surface area contributed by atoms with Gasteiger partial charge in [0, 0.05) is 18.2 Å². The first-order chi connectivity index (χ1) is 15.6. The first kappa shape index (κ1) is 27.0. The highest BCUT2D eigenvalue weighted by Crippen LogP contribution is 2.36. The van der Waals surface area contributed by atoms with Crippen molar-refractivity contribution in [3.8, 4) is 0 Å². The van der Waals surface area contributed by atoms with Gasteiger partial charge in [0.05, 0.1) is 25.4 Å². The maximum Gasteiger partial charge on any atom is 0.330 e. The lowest BCUT2D eigenvalue weighted by molar-refractivity contribution is -0.137. The van der Waals surface area contributed by atoms with Gasteiger partial charge in [-0.25, -0.2) is 4.79 Å². The molecule has 0 saturated heterocycles. The van der Waals surface area contributed by atoms with E-state index in [0.29, 0.717) is 19.1 Å². The number of benzene rings is 1. The van der Waals surface area contributed by atoms with Crippen LogP contribution in [0.15, 0.2) is 54.1 Å². The van der Waals surface area contributed by atoms with Crippen molar-refractivity contribution in [2.45, 2.75) is 71.6 Å². The van der Waals surface area contributed by atoms with Crippen molar-refractivity contribution in [3.05, 3.63) is 65.3 Å². The third kappa shape index (κ3) is 8.92. The van der Waals surface area contributed by atoms with Gasteiger partial charge in [0.15, 0.2) is 0 Å². The topological polar surface area (TPSA) is 67.8 Å². The molecule has 2 rings (SSSR count). The summed E-state index contributed by atoms with van der Waals surface area (Å²) in [6, 6.07) is 7.76. The fourth-order valence-corrected chi connectivity index (χ4v) is 4.50. The Kier molecular flexibility index (Phi) is 10.6. The smallest absolute Gasteiger partial charge is 0.330 e. The Bertz CT molecular complexity index is 855. The minimum atomic E-state index is -0.610. The van der Waals surface area contributed by atoms with Crippen LogP contribution in [0, 0.1) is 5.92 Å². The number of carbonyl (C=O) groups excluding carboxylic acids is 1. The van der Waals surface area contributed by atoms with Crippen molar-refractivity contribution in [2.24, 2.45) is 5.92 Å². The minimum Gasteiger partial charge on any atom is -0.463 e. The van der Waals surface area contributed by atoms with Gasteiger partial charge < -0.3 is 19.9 Å². The molecule has 1 aromatic rings. The number of nitrogens with one attached hydrogen (secondary N) is 1. The molecular weight excluding hydrogens is 414 g/mol. The number of aliphatic hydroxyl groups excluding tert-OH is 1. The van der Waals surface area contributed by atoms with Crippen molar-refractivity contribution >= 4 is 12.0 Å². The van der Waals surface area contributed by atoms with Crippen molar-refractivity contribution < 1.29 is 19.4 Å². The third-order valence-corrected chi connectivity index (χ3v) is 6.17. The lowest BCUT2D eigenvalue weighted by Gasteiger charge is -2.31. The van der Waals surface area contributed by atoms with E-state index in [1.807, 2.05) is 37.3 Å². The first-order valence-electron chi connectivity index (χ1n) is 11.9. The van der Waals surface area contributed by atoms with Crippen molar-refractivity contribution in [2.75, 3.05) is 19.8 Å². The molecule has 0 spiro atoms. The van der Waals surface area contributed by atoms with Crippen LogP contribution in [0.1, 0.15) is 71.1 Å². The van der Waals surface area contributed by atoms with Gasteiger partial charge >= 0.3 is 5.97 Å². The molecule has 0 aliphatic heterocycles. The summed E-state index contributed by atoms with van der Waals surface area (Å²) in [7, 11) is 0. The molecule has 1 aliphatic carbocycles. The molecule has 3 atom stereocenters. The van der Waals surface area contributed by atoms with E-state index in [0.717, 1.165) is 30.4 Å². The molecule has 5 heteroatoms. The molecule has 0 fully saturated rings. The largest absolute Gasteiger partial charge is 0.463 e. The number of ether oxygens (including phenoxy) is 2. The second-order valence-electron chi connectivity index (χ2n) is 9.60. The number of β-amino-alcohol motifs (C(OH)–C–C–N with tert-alkyl or cyclic N) is 1. The number of aliphatic hydroxyl groups is 1. The van der Waals surface area contributed by atoms with Crippen LogP contribution in [0.2, 0.25) is 0 Å². The Morgan fingerprint density at radius 2 is 2.06 bits per heavy atom. The zero-order chi connectivity index (χ0) is 24.4. The minimum absolute atomic E-state index is 0.0708. The highest BCUT2D eigenvalue weighted by Gasteiger charge is 2.28. The molecule has 1 aromatic carbocycles. The molecule has 0 radical (unpaired) electrons. The van der Waals surface area contributed by atoms with E-state index in [-0.39, 0.29) is 24.2 Å². The second kappa shape index (κ2) is 12.9. The van der Waals surface area contributed by atoms with Crippen LogP contribution in [0.25, 0.3) is 6.08 Å². The maximum absolute atomic E-state index is 11.6. The number of rotatable bonds is 13. The summed E-state index contributed by atoms with van der Waals surface area (Å²) in [4.78, 5) is 11.6. The third-order valence-electron chi connectivity index (χ3n) is 6.17. The van der Waals surface area contributed by atoms with Gasteiger partial charge in [0.1, 0.15) is 0 Å². The fourth-order valence-electron chi connectivity index (χ4n) is 4.50. The van der Waals surface area contributed by atoms with Crippen molar-refractivity contribution in [1.82, 2.24) is 5.32 Å². The van der Waals surface area contributed by atoms with Crippen LogP contribution in [-0.4, -0.2) is 42.5 Å². The Morgan fingerprint density at radius 3 is 2.73 bits per heavy atom. The summed E-state index contributed by atoms with van der Waals surface area (Å²) < 4.78 is 10.9. The predicted molar refractivity (Wildman–Crippen MR) is 135 cm³/mol. The first-order valence-corrected chi connectivity index (χ1v) is 11.9. The number of carbonyl (C=O) groups is 1. The van der Waals surface area contributed by atoms with Crippen molar-refractivity contribution in [3.63, 3.8) is 0 Å². The quantitative estimate of drug-likeness (QED) is 0.309. The van der Waals surface area contributed by atoms with Crippen LogP contribution in [0.5, 0.6) is 0 Å². The highest BCUT2D eigenvalue weighted by atomic mass is 16.5. The molecule has 1 unspecified atom stereocenters.